The van der Waals surface area contributed by atoms with Crippen LogP contribution in [0.4, 0.5) is 19.3 Å². The van der Waals surface area contributed by atoms with Gasteiger partial charge in [-0.15, -0.1) is 0 Å². The molecule has 4 nitrogen and oxygen atoms in total. The van der Waals surface area contributed by atoms with Crippen molar-refractivity contribution < 1.29 is 18.7 Å². The van der Waals surface area contributed by atoms with Crippen LogP contribution in [0.1, 0.15) is 26.7 Å². The zero-order chi connectivity index (χ0) is 15.2. The van der Waals surface area contributed by atoms with Gasteiger partial charge >= 0.3 is 6.03 Å². The molecule has 0 aliphatic heterocycles. The number of carbonyl (C=O) groups is 1. The Labute approximate surface area is 117 Å². The molecule has 0 aromatic heterocycles. The van der Waals surface area contributed by atoms with Gasteiger partial charge in [0.15, 0.2) is 11.6 Å². The van der Waals surface area contributed by atoms with Gasteiger partial charge in [-0.25, -0.2) is 13.6 Å². The molecule has 0 fully saturated rings. The fourth-order valence-corrected chi connectivity index (χ4v) is 1.61. The number of rotatable bonds is 6. The van der Waals surface area contributed by atoms with E-state index in [2.05, 4.69) is 10.6 Å². The molecule has 2 amide bonds. The summed E-state index contributed by atoms with van der Waals surface area (Å²) >= 11 is 0. The van der Waals surface area contributed by atoms with E-state index < -0.39 is 17.7 Å². The predicted molar refractivity (Wildman–Crippen MR) is 73.5 cm³/mol. The van der Waals surface area contributed by atoms with E-state index in [4.69, 9.17) is 5.11 Å². The summed E-state index contributed by atoms with van der Waals surface area (Å²) < 4.78 is 26.2. The molecule has 1 aromatic carbocycles. The highest BCUT2D eigenvalue weighted by atomic mass is 19.2. The van der Waals surface area contributed by atoms with Gasteiger partial charge in [0, 0.05) is 13.2 Å². The van der Waals surface area contributed by atoms with Crippen LogP contribution in [0, 0.1) is 17.0 Å². The molecule has 0 bridgehead atoms. The average molecular weight is 286 g/mol. The van der Waals surface area contributed by atoms with Crippen molar-refractivity contribution in [2.45, 2.75) is 26.7 Å². The molecule has 3 N–H and O–H groups in total. The summed E-state index contributed by atoms with van der Waals surface area (Å²) in [5.41, 5.74) is -0.384. The highest BCUT2D eigenvalue weighted by Crippen LogP contribution is 2.20. The third-order valence-corrected chi connectivity index (χ3v) is 2.94. The number of nitrogens with one attached hydrogen (secondary N) is 2. The van der Waals surface area contributed by atoms with Crippen molar-refractivity contribution >= 4 is 11.7 Å². The number of hydrogen-bond donors (Lipinski definition) is 3. The number of carbonyl (C=O) groups excluding carboxylic acids is 1. The van der Waals surface area contributed by atoms with Crippen LogP contribution >= 0.6 is 0 Å². The Balaban J connectivity index is 2.36. The number of aliphatic hydroxyl groups is 1. The second-order valence-electron chi connectivity index (χ2n) is 5.41. The Morgan fingerprint density at radius 1 is 1.35 bits per heavy atom. The monoisotopic (exact) mass is 286 g/mol. The molecule has 1 rings (SSSR count). The maximum atomic E-state index is 13.3. The summed E-state index contributed by atoms with van der Waals surface area (Å²) in [5, 5.41) is 13.9. The number of anilines is 1. The van der Waals surface area contributed by atoms with Crippen LogP contribution in [0.25, 0.3) is 0 Å². The Kier molecular flexibility index (Phi) is 5.88. The van der Waals surface area contributed by atoms with Crippen molar-refractivity contribution in [2.75, 3.05) is 18.5 Å². The van der Waals surface area contributed by atoms with Gasteiger partial charge in [-0.3, -0.25) is 0 Å². The number of aliphatic hydroxyl groups excluding tert-OH is 1. The van der Waals surface area contributed by atoms with Crippen molar-refractivity contribution in [3.63, 3.8) is 0 Å². The molecular weight excluding hydrogens is 266 g/mol. The first-order valence-corrected chi connectivity index (χ1v) is 6.45. The molecule has 0 unspecified atom stereocenters. The third kappa shape index (κ3) is 5.13. The number of amides is 2. The Hall–Kier alpha value is -1.69. The van der Waals surface area contributed by atoms with Gasteiger partial charge in [-0.05, 0) is 30.4 Å². The largest absolute Gasteiger partial charge is 0.396 e. The topological polar surface area (TPSA) is 61.4 Å². The molecular formula is C14H20F2N2O2. The van der Waals surface area contributed by atoms with Crippen molar-refractivity contribution in [2.24, 2.45) is 5.41 Å². The van der Waals surface area contributed by atoms with E-state index in [1.165, 1.54) is 12.1 Å². The van der Waals surface area contributed by atoms with E-state index in [9.17, 15) is 13.6 Å². The molecule has 0 saturated carbocycles. The van der Waals surface area contributed by atoms with E-state index in [1.54, 1.807) is 0 Å². The van der Waals surface area contributed by atoms with Crippen LogP contribution in [-0.2, 0) is 0 Å². The van der Waals surface area contributed by atoms with Crippen molar-refractivity contribution in [1.29, 1.82) is 0 Å². The quantitative estimate of drug-likeness (QED) is 0.704. The number of benzene rings is 1. The minimum atomic E-state index is -1.08. The average Bonchev–Trinajstić information content (AvgIpc) is 2.40. The summed E-state index contributed by atoms with van der Waals surface area (Å²) in [6.07, 6.45) is 1.44. The Morgan fingerprint density at radius 3 is 2.70 bits per heavy atom. The second-order valence-corrected chi connectivity index (χ2v) is 5.41. The first kappa shape index (κ1) is 16.4. The molecule has 0 aliphatic carbocycles. The van der Waals surface area contributed by atoms with Crippen molar-refractivity contribution in [1.82, 2.24) is 5.32 Å². The van der Waals surface area contributed by atoms with E-state index in [0.29, 0.717) is 13.0 Å². The molecule has 0 spiro atoms. The van der Waals surface area contributed by atoms with Crippen LogP contribution in [0.2, 0.25) is 0 Å². The number of hydrogen-bond acceptors (Lipinski definition) is 2. The molecule has 6 heteroatoms. The minimum absolute atomic E-state index is 0.0771. The maximum Gasteiger partial charge on any atom is 0.319 e. The third-order valence-electron chi connectivity index (χ3n) is 2.94. The summed E-state index contributed by atoms with van der Waals surface area (Å²) in [6, 6.07) is 3.00. The Bertz CT molecular complexity index is 464. The van der Waals surface area contributed by atoms with Crippen LogP contribution in [0.3, 0.4) is 0 Å². The zero-order valence-electron chi connectivity index (χ0n) is 11.7. The SMILES string of the molecule is CC(C)(CO)CCCNC(=O)Nc1cccc(F)c1F. The standard InChI is InChI=1S/C14H20F2N2O2/c1-14(2,9-19)7-4-8-17-13(20)18-11-6-3-5-10(15)12(11)16/h3,5-6,19H,4,7-9H2,1-2H3,(H2,17,18,20). The van der Waals surface area contributed by atoms with Gasteiger partial charge in [0.05, 0.1) is 5.69 Å². The number of halogens is 2. The fourth-order valence-electron chi connectivity index (χ4n) is 1.61. The summed E-state index contributed by atoms with van der Waals surface area (Å²) in [7, 11) is 0. The summed E-state index contributed by atoms with van der Waals surface area (Å²) in [4.78, 5) is 11.5. The lowest BCUT2D eigenvalue weighted by Crippen LogP contribution is -2.30. The highest BCUT2D eigenvalue weighted by molar-refractivity contribution is 5.89. The van der Waals surface area contributed by atoms with Crippen LogP contribution in [0.15, 0.2) is 18.2 Å². The normalized spacial score (nSPS) is 11.2. The van der Waals surface area contributed by atoms with Crippen molar-refractivity contribution in [3.8, 4) is 0 Å². The van der Waals surface area contributed by atoms with Crippen molar-refractivity contribution in [3.05, 3.63) is 29.8 Å². The van der Waals surface area contributed by atoms with E-state index in [0.717, 1.165) is 12.5 Å². The lowest BCUT2D eigenvalue weighted by Gasteiger charge is -2.21. The highest BCUT2D eigenvalue weighted by Gasteiger charge is 2.16. The van der Waals surface area contributed by atoms with Crippen LogP contribution in [0.5, 0.6) is 0 Å². The van der Waals surface area contributed by atoms with Gasteiger partial charge in [-0.1, -0.05) is 19.9 Å². The number of urea groups is 1. The smallest absolute Gasteiger partial charge is 0.319 e. The van der Waals surface area contributed by atoms with E-state index in [1.807, 2.05) is 13.8 Å². The molecule has 0 atom stereocenters. The van der Waals surface area contributed by atoms with Gasteiger partial charge in [0.2, 0.25) is 0 Å². The summed E-state index contributed by atoms with van der Waals surface area (Å²) in [6.45, 7) is 4.32. The minimum Gasteiger partial charge on any atom is -0.396 e. The van der Waals surface area contributed by atoms with Gasteiger partial charge in [0.25, 0.3) is 0 Å². The lowest BCUT2D eigenvalue weighted by molar-refractivity contribution is 0.148. The van der Waals surface area contributed by atoms with E-state index >= 15 is 0 Å². The predicted octanol–water partition coefficient (Wildman–Crippen LogP) is 2.89. The zero-order valence-corrected chi connectivity index (χ0v) is 11.7. The summed E-state index contributed by atoms with van der Waals surface area (Å²) in [5.74, 6) is -2.09. The van der Waals surface area contributed by atoms with Gasteiger partial charge < -0.3 is 15.7 Å². The van der Waals surface area contributed by atoms with Crippen LogP contribution in [-0.4, -0.2) is 24.3 Å². The fraction of sp³-hybridized carbons (Fsp3) is 0.500. The van der Waals surface area contributed by atoms with Gasteiger partial charge in [0.1, 0.15) is 0 Å². The first-order valence-electron chi connectivity index (χ1n) is 6.45. The molecule has 0 aliphatic rings. The molecule has 0 saturated heterocycles. The first-order chi connectivity index (χ1) is 9.35. The molecule has 20 heavy (non-hydrogen) atoms. The maximum absolute atomic E-state index is 13.3. The molecule has 0 radical (unpaired) electrons. The van der Waals surface area contributed by atoms with E-state index in [-0.39, 0.29) is 17.7 Å². The lowest BCUT2D eigenvalue weighted by atomic mass is 9.89. The molecule has 0 heterocycles. The Morgan fingerprint density at radius 2 is 2.05 bits per heavy atom. The van der Waals surface area contributed by atoms with Crippen LogP contribution < -0.4 is 10.6 Å². The van der Waals surface area contributed by atoms with Gasteiger partial charge in [-0.2, -0.15) is 0 Å². The molecule has 1 aromatic rings. The second kappa shape index (κ2) is 7.19. The molecule has 112 valence electrons.